The zero-order chi connectivity index (χ0) is 7.82. The Labute approximate surface area is 62.9 Å². The van der Waals surface area contributed by atoms with Gasteiger partial charge in [0.1, 0.15) is 0 Å². The Morgan fingerprint density at radius 2 is 2.00 bits per heavy atom. The Bertz CT molecular complexity index is 80.1. The summed E-state index contributed by atoms with van der Waals surface area (Å²) in [7, 11) is 0.00849. The Hall–Kier alpha value is -0.553. The van der Waals surface area contributed by atoms with Crippen LogP contribution in [0.25, 0.3) is 0 Å². The molecule has 4 N–H and O–H groups in total. The van der Waals surface area contributed by atoms with Gasteiger partial charge in [0.15, 0.2) is 9.76 Å². The first-order valence-corrected chi connectivity index (χ1v) is 4.94. The minimum atomic E-state index is -0.833. The molecule has 0 aromatic rings. The van der Waals surface area contributed by atoms with Crippen LogP contribution in [-0.2, 0) is 4.43 Å². The molecule has 0 atom stereocenters. The van der Waals surface area contributed by atoms with Gasteiger partial charge in [-0.25, -0.2) is 4.79 Å². The lowest BCUT2D eigenvalue weighted by Crippen LogP contribution is -2.18. The molecule has 2 amide bonds. The third-order valence-corrected chi connectivity index (χ3v) is 2.44. The molecule has 1 heterocycles. The highest BCUT2D eigenvalue weighted by Gasteiger charge is 1.96. The smallest absolute Gasteiger partial charge is 0.309 e. The van der Waals surface area contributed by atoms with Gasteiger partial charge < -0.3 is 15.9 Å². The summed E-state index contributed by atoms with van der Waals surface area (Å²) >= 11 is 0. The van der Waals surface area contributed by atoms with Gasteiger partial charge in [0.05, 0.1) is 0 Å². The number of nitrogens with two attached hydrogens (primary N) is 2. The van der Waals surface area contributed by atoms with Gasteiger partial charge in [0.2, 0.25) is 0 Å². The van der Waals surface area contributed by atoms with Crippen molar-refractivity contribution in [3.05, 3.63) is 0 Å². The molecule has 60 valence electrons. The maximum absolute atomic E-state index is 9.00. The normalized spacial score (nSPS) is 19.2. The monoisotopic (exact) mass is 162 g/mol. The number of hydrogen-bond donors (Lipinski definition) is 2. The lowest BCUT2D eigenvalue weighted by Gasteiger charge is -2.07. The number of rotatable bonds is 0. The fraction of sp³-hybridized carbons (Fsp3) is 0.800. The number of primary amides is 2. The fourth-order valence-corrected chi connectivity index (χ4v) is 1.86. The zero-order valence-electron chi connectivity index (χ0n) is 6.01. The molecule has 0 aliphatic carbocycles. The summed E-state index contributed by atoms with van der Waals surface area (Å²) in [5, 5.41) is 0. The molecule has 0 aromatic heterocycles. The summed E-state index contributed by atoms with van der Waals surface area (Å²) in [6.07, 6.45) is 2.75. The average Bonchev–Trinajstić information content (AvgIpc) is 1.90. The minimum Gasteiger partial charge on any atom is -0.424 e. The maximum atomic E-state index is 9.00. The van der Waals surface area contributed by atoms with Crippen LogP contribution in [0.3, 0.4) is 0 Å². The van der Waals surface area contributed by atoms with Crippen LogP contribution in [0.4, 0.5) is 4.79 Å². The van der Waals surface area contributed by atoms with Crippen molar-refractivity contribution in [2.75, 3.05) is 6.61 Å². The van der Waals surface area contributed by atoms with Crippen molar-refractivity contribution in [3.8, 4) is 0 Å². The van der Waals surface area contributed by atoms with Crippen molar-refractivity contribution in [1.82, 2.24) is 0 Å². The van der Waals surface area contributed by atoms with E-state index in [0.717, 1.165) is 6.61 Å². The molecule has 0 radical (unpaired) electrons. The lowest BCUT2D eigenvalue weighted by molar-refractivity contribution is 0.256. The first kappa shape index (κ1) is 9.45. The average molecular weight is 162 g/mol. The Morgan fingerprint density at radius 1 is 1.40 bits per heavy atom. The fourth-order valence-electron chi connectivity index (χ4n) is 0.687. The standard InChI is InChI=1S/C4H10OSi.CH4N2O/c1-2-4-6-5-3-1;2-1(3)4/h1-4,6H2;(H4,2,3,4). The summed E-state index contributed by atoms with van der Waals surface area (Å²) in [4.78, 5) is 9.00. The van der Waals surface area contributed by atoms with Gasteiger partial charge in [-0.2, -0.15) is 0 Å². The van der Waals surface area contributed by atoms with Gasteiger partial charge >= 0.3 is 6.03 Å². The van der Waals surface area contributed by atoms with E-state index in [1.807, 2.05) is 0 Å². The molecule has 1 saturated heterocycles. The summed E-state index contributed by atoms with van der Waals surface area (Å²) in [5.74, 6) is 0. The summed E-state index contributed by atoms with van der Waals surface area (Å²) < 4.78 is 5.21. The minimum absolute atomic E-state index is 0.00849. The number of amides is 2. The van der Waals surface area contributed by atoms with Crippen molar-refractivity contribution in [2.45, 2.75) is 18.9 Å². The van der Waals surface area contributed by atoms with E-state index < -0.39 is 6.03 Å². The van der Waals surface area contributed by atoms with E-state index in [0.29, 0.717) is 0 Å². The van der Waals surface area contributed by atoms with Gasteiger partial charge in [-0.15, -0.1) is 0 Å². The largest absolute Gasteiger partial charge is 0.424 e. The van der Waals surface area contributed by atoms with E-state index in [9.17, 15) is 0 Å². The lowest BCUT2D eigenvalue weighted by atomic mass is 10.4. The highest BCUT2D eigenvalue weighted by atomic mass is 28.2. The first-order chi connectivity index (χ1) is 4.73. The van der Waals surface area contributed by atoms with Crippen molar-refractivity contribution in [1.29, 1.82) is 0 Å². The number of carbonyl (C=O) groups excluding carboxylic acids is 1. The van der Waals surface area contributed by atoms with Crippen molar-refractivity contribution >= 4 is 15.8 Å². The number of urea groups is 1. The van der Waals surface area contributed by atoms with Crippen LogP contribution in [0.2, 0.25) is 6.04 Å². The second kappa shape index (κ2) is 6.57. The molecule has 0 bridgehead atoms. The van der Waals surface area contributed by atoms with Gasteiger partial charge in [-0.1, -0.05) is 6.42 Å². The van der Waals surface area contributed by atoms with E-state index in [1.54, 1.807) is 0 Å². The molecule has 0 aromatic carbocycles. The van der Waals surface area contributed by atoms with Crippen LogP contribution >= 0.6 is 0 Å². The van der Waals surface area contributed by atoms with Crippen LogP contribution in [0.5, 0.6) is 0 Å². The van der Waals surface area contributed by atoms with Crippen LogP contribution in [0, 0.1) is 0 Å². The molecule has 0 spiro atoms. The summed E-state index contributed by atoms with van der Waals surface area (Å²) in [6.45, 7) is 1.06. The second-order valence-electron chi connectivity index (χ2n) is 2.08. The van der Waals surface area contributed by atoms with Gasteiger partial charge in [0, 0.05) is 6.61 Å². The third-order valence-electron chi connectivity index (χ3n) is 1.08. The molecule has 1 aliphatic heterocycles. The summed E-state index contributed by atoms with van der Waals surface area (Å²) in [5.41, 5.74) is 8.50. The van der Waals surface area contributed by atoms with Crippen LogP contribution in [-0.4, -0.2) is 22.4 Å². The van der Waals surface area contributed by atoms with Crippen molar-refractivity contribution in [3.63, 3.8) is 0 Å². The highest BCUT2D eigenvalue weighted by molar-refractivity contribution is 6.27. The quantitative estimate of drug-likeness (QED) is 0.463. The molecular formula is C5H14N2O2Si. The zero-order valence-corrected chi connectivity index (χ0v) is 7.42. The molecule has 5 heteroatoms. The summed E-state index contributed by atoms with van der Waals surface area (Å²) in [6, 6.07) is 0.583. The predicted molar refractivity (Wildman–Crippen MR) is 42.3 cm³/mol. The van der Waals surface area contributed by atoms with E-state index in [1.165, 1.54) is 18.9 Å². The highest BCUT2D eigenvalue weighted by Crippen LogP contribution is 2.01. The van der Waals surface area contributed by atoms with Gasteiger partial charge in [-0.05, 0) is 12.5 Å². The van der Waals surface area contributed by atoms with E-state index in [2.05, 4.69) is 11.5 Å². The van der Waals surface area contributed by atoms with E-state index in [-0.39, 0.29) is 9.76 Å². The Kier molecular flexibility index (Phi) is 6.20. The SMILES string of the molecule is C1CC[SiH2]OC1.NC(N)=O. The van der Waals surface area contributed by atoms with Crippen LogP contribution < -0.4 is 11.5 Å². The van der Waals surface area contributed by atoms with Crippen LogP contribution in [0.1, 0.15) is 12.8 Å². The van der Waals surface area contributed by atoms with Crippen LogP contribution in [0.15, 0.2) is 0 Å². The van der Waals surface area contributed by atoms with E-state index >= 15 is 0 Å². The molecule has 1 fully saturated rings. The van der Waals surface area contributed by atoms with Gasteiger partial charge in [-0.3, -0.25) is 0 Å². The van der Waals surface area contributed by atoms with Crippen molar-refractivity contribution in [2.24, 2.45) is 11.5 Å². The molecule has 0 unspecified atom stereocenters. The van der Waals surface area contributed by atoms with E-state index in [4.69, 9.17) is 9.22 Å². The Balaban J connectivity index is 0.000000180. The number of carbonyl (C=O) groups is 1. The first-order valence-electron chi connectivity index (χ1n) is 3.36. The molecule has 4 nitrogen and oxygen atoms in total. The molecule has 1 rings (SSSR count). The molecule has 1 aliphatic rings. The molecular weight excluding hydrogens is 148 g/mol. The second-order valence-corrected chi connectivity index (χ2v) is 3.60. The predicted octanol–water partition coefficient (Wildman–Crippen LogP) is -0.677. The number of hydrogen-bond acceptors (Lipinski definition) is 2. The third kappa shape index (κ3) is 10.4. The Morgan fingerprint density at radius 3 is 2.10 bits per heavy atom. The van der Waals surface area contributed by atoms with Crippen molar-refractivity contribution < 1.29 is 9.22 Å². The van der Waals surface area contributed by atoms with Gasteiger partial charge in [0.25, 0.3) is 0 Å². The molecule has 10 heavy (non-hydrogen) atoms. The molecule has 0 saturated carbocycles. The maximum Gasteiger partial charge on any atom is 0.309 e. The topological polar surface area (TPSA) is 78.3 Å².